The van der Waals surface area contributed by atoms with E-state index in [1.807, 2.05) is 11.3 Å². The van der Waals surface area contributed by atoms with E-state index in [2.05, 4.69) is 29.3 Å². The van der Waals surface area contributed by atoms with Crippen LogP contribution in [0.25, 0.3) is 0 Å². The van der Waals surface area contributed by atoms with Gasteiger partial charge >= 0.3 is 0 Å². The molecule has 84 valence electrons. The van der Waals surface area contributed by atoms with Crippen LogP contribution < -0.4 is 5.73 Å². The molecule has 2 nitrogen and oxygen atoms in total. The molecule has 0 aromatic carbocycles. The number of hydrogen-bond donors (Lipinski definition) is 1. The largest absolute Gasteiger partial charge is 0.328 e. The minimum absolute atomic E-state index is 0.432. The quantitative estimate of drug-likeness (QED) is 0.855. The first-order valence-corrected chi connectivity index (χ1v) is 6.72. The first-order valence-electron chi connectivity index (χ1n) is 5.84. The van der Waals surface area contributed by atoms with Gasteiger partial charge in [0.25, 0.3) is 0 Å². The minimum Gasteiger partial charge on any atom is -0.328 e. The Morgan fingerprint density at radius 3 is 2.80 bits per heavy atom. The zero-order chi connectivity index (χ0) is 10.7. The SMILES string of the molecule is CCC(c1cccs1)N1CCC(N)CC1. The van der Waals surface area contributed by atoms with Crippen LogP contribution >= 0.6 is 11.3 Å². The standard InChI is InChI=1S/C12H20N2S/c1-2-11(12-4-3-9-15-12)14-7-5-10(13)6-8-14/h3-4,9-11H,2,5-8,13H2,1H3. The number of nitrogens with two attached hydrogens (primary N) is 1. The van der Waals surface area contributed by atoms with Crippen LogP contribution in [0.3, 0.4) is 0 Å². The summed E-state index contributed by atoms with van der Waals surface area (Å²) >= 11 is 1.88. The van der Waals surface area contributed by atoms with Gasteiger partial charge in [-0.25, -0.2) is 0 Å². The molecule has 2 N–H and O–H groups in total. The maximum atomic E-state index is 5.93. The van der Waals surface area contributed by atoms with Gasteiger partial charge in [0.05, 0.1) is 0 Å². The van der Waals surface area contributed by atoms with E-state index in [0.29, 0.717) is 12.1 Å². The number of thiophene rings is 1. The molecule has 1 aliphatic heterocycles. The number of piperidine rings is 1. The van der Waals surface area contributed by atoms with Gasteiger partial charge in [0, 0.05) is 30.1 Å². The highest BCUT2D eigenvalue weighted by Gasteiger charge is 2.23. The molecule has 0 saturated carbocycles. The molecule has 3 heteroatoms. The van der Waals surface area contributed by atoms with Crippen molar-refractivity contribution in [3.63, 3.8) is 0 Å². The molecule has 2 rings (SSSR count). The second kappa shape index (κ2) is 5.10. The average molecular weight is 224 g/mol. The summed E-state index contributed by atoms with van der Waals surface area (Å²) < 4.78 is 0. The van der Waals surface area contributed by atoms with Crippen molar-refractivity contribution in [3.8, 4) is 0 Å². The van der Waals surface area contributed by atoms with E-state index < -0.39 is 0 Å². The molecule has 1 aromatic heterocycles. The molecule has 0 spiro atoms. The van der Waals surface area contributed by atoms with Gasteiger partial charge in [-0.2, -0.15) is 0 Å². The Bertz CT molecular complexity index is 276. The van der Waals surface area contributed by atoms with Crippen LogP contribution in [0.5, 0.6) is 0 Å². The lowest BCUT2D eigenvalue weighted by Gasteiger charge is -2.35. The fourth-order valence-electron chi connectivity index (χ4n) is 2.35. The third kappa shape index (κ3) is 2.60. The fourth-order valence-corrected chi connectivity index (χ4v) is 3.30. The lowest BCUT2D eigenvalue weighted by molar-refractivity contribution is 0.151. The number of rotatable bonds is 3. The maximum Gasteiger partial charge on any atom is 0.0438 e. The van der Waals surface area contributed by atoms with Crippen molar-refractivity contribution in [1.29, 1.82) is 0 Å². The fraction of sp³-hybridized carbons (Fsp3) is 0.667. The number of likely N-dealkylation sites (tertiary alicyclic amines) is 1. The van der Waals surface area contributed by atoms with Crippen LogP contribution in [0, 0.1) is 0 Å². The minimum atomic E-state index is 0.432. The van der Waals surface area contributed by atoms with E-state index >= 15 is 0 Å². The van der Waals surface area contributed by atoms with Crippen molar-refractivity contribution >= 4 is 11.3 Å². The molecule has 2 heterocycles. The van der Waals surface area contributed by atoms with Crippen molar-refractivity contribution in [1.82, 2.24) is 4.90 Å². The Morgan fingerprint density at radius 1 is 1.53 bits per heavy atom. The second-order valence-electron chi connectivity index (χ2n) is 4.31. The maximum absolute atomic E-state index is 5.93. The molecule has 1 fully saturated rings. The van der Waals surface area contributed by atoms with Crippen LogP contribution in [-0.2, 0) is 0 Å². The summed E-state index contributed by atoms with van der Waals surface area (Å²) in [5, 5.41) is 2.17. The summed E-state index contributed by atoms with van der Waals surface area (Å²) in [7, 11) is 0. The molecule has 0 aliphatic carbocycles. The van der Waals surface area contributed by atoms with E-state index in [4.69, 9.17) is 5.73 Å². The first-order chi connectivity index (χ1) is 7.31. The number of hydrogen-bond acceptors (Lipinski definition) is 3. The van der Waals surface area contributed by atoms with Crippen LogP contribution in [-0.4, -0.2) is 24.0 Å². The topological polar surface area (TPSA) is 29.3 Å². The van der Waals surface area contributed by atoms with Gasteiger partial charge in [-0.3, -0.25) is 4.90 Å². The van der Waals surface area contributed by atoms with Crippen LogP contribution in [0.2, 0.25) is 0 Å². The van der Waals surface area contributed by atoms with E-state index in [-0.39, 0.29) is 0 Å². The summed E-state index contributed by atoms with van der Waals surface area (Å²) in [6, 6.07) is 5.46. The second-order valence-corrected chi connectivity index (χ2v) is 5.29. The molecular formula is C12H20N2S. The highest BCUT2D eigenvalue weighted by molar-refractivity contribution is 7.10. The van der Waals surface area contributed by atoms with Crippen molar-refractivity contribution in [2.75, 3.05) is 13.1 Å². The van der Waals surface area contributed by atoms with Crippen molar-refractivity contribution < 1.29 is 0 Å². The molecule has 0 amide bonds. The third-order valence-corrected chi connectivity index (χ3v) is 4.25. The normalized spacial score (nSPS) is 21.7. The van der Waals surface area contributed by atoms with E-state index in [1.54, 1.807) is 0 Å². The van der Waals surface area contributed by atoms with Gasteiger partial charge < -0.3 is 5.73 Å². The van der Waals surface area contributed by atoms with E-state index in [0.717, 1.165) is 25.9 Å². The number of nitrogens with zero attached hydrogens (tertiary/aromatic N) is 1. The van der Waals surface area contributed by atoms with Crippen molar-refractivity contribution in [3.05, 3.63) is 22.4 Å². The van der Waals surface area contributed by atoms with Gasteiger partial charge in [-0.05, 0) is 30.7 Å². The molecule has 15 heavy (non-hydrogen) atoms. The highest BCUT2D eigenvalue weighted by atomic mass is 32.1. The molecule has 1 unspecified atom stereocenters. The van der Waals surface area contributed by atoms with Gasteiger partial charge in [0.15, 0.2) is 0 Å². The zero-order valence-electron chi connectivity index (χ0n) is 9.36. The lowest BCUT2D eigenvalue weighted by atomic mass is 10.0. The molecular weight excluding hydrogens is 204 g/mol. The van der Waals surface area contributed by atoms with Crippen LogP contribution in [0.15, 0.2) is 17.5 Å². The molecule has 1 aliphatic rings. The summed E-state index contributed by atoms with van der Waals surface area (Å²) in [4.78, 5) is 4.10. The Hall–Kier alpha value is -0.380. The average Bonchev–Trinajstić information content (AvgIpc) is 2.75. The van der Waals surface area contributed by atoms with Gasteiger partial charge in [0.2, 0.25) is 0 Å². The molecule has 0 bridgehead atoms. The monoisotopic (exact) mass is 224 g/mol. The molecule has 1 aromatic rings. The molecule has 0 radical (unpaired) electrons. The lowest BCUT2D eigenvalue weighted by Crippen LogP contribution is -2.41. The van der Waals surface area contributed by atoms with E-state index in [1.165, 1.54) is 11.3 Å². The van der Waals surface area contributed by atoms with E-state index in [9.17, 15) is 0 Å². The summed E-state index contributed by atoms with van der Waals surface area (Å²) in [5.74, 6) is 0. The Kier molecular flexibility index (Phi) is 3.78. The van der Waals surface area contributed by atoms with Gasteiger partial charge in [0.1, 0.15) is 0 Å². The first kappa shape index (κ1) is 11.1. The predicted molar refractivity (Wildman–Crippen MR) is 66.1 cm³/mol. The predicted octanol–water partition coefficient (Wildman–Crippen LogP) is 2.62. The van der Waals surface area contributed by atoms with Crippen molar-refractivity contribution in [2.45, 2.75) is 38.3 Å². The smallest absolute Gasteiger partial charge is 0.0438 e. The summed E-state index contributed by atoms with van der Waals surface area (Å²) in [6.07, 6.45) is 3.51. The van der Waals surface area contributed by atoms with Gasteiger partial charge in [-0.1, -0.05) is 13.0 Å². The Morgan fingerprint density at radius 2 is 2.27 bits per heavy atom. The molecule has 1 saturated heterocycles. The van der Waals surface area contributed by atoms with Crippen molar-refractivity contribution in [2.24, 2.45) is 5.73 Å². The Labute approximate surface area is 96.1 Å². The van der Waals surface area contributed by atoms with Crippen LogP contribution in [0.1, 0.15) is 37.1 Å². The van der Waals surface area contributed by atoms with Crippen LogP contribution in [0.4, 0.5) is 0 Å². The highest BCUT2D eigenvalue weighted by Crippen LogP contribution is 2.29. The summed E-state index contributed by atoms with van der Waals surface area (Å²) in [5.41, 5.74) is 5.93. The third-order valence-electron chi connectivity index (χ3n) is 3.27. The zero-order valence-corrected chi connectivity index (χ0v) is 10.2. The molecule has 1 atom stereocenters. The van der Waals surface area contributed by atoms with Gasteiger partial charge in [-0.15, -0.1) is 11.3 Å². The summed E-state index contributed by atoms with van der Waals surface area (Å²) in [6.45, 7) is 4.61. The Balaban J connectivity index is 2.01.